The molecule has 0 amide bonds. The zero-order valence-corrected chi connectivity index (χ0v) is 11.4. The molecule has 0 aliphatic carbocycles. The number of aryl methyl sites for hydroxylation is 1. The zero-order chi connectivity index (χ0) is 12.8. The van der Waals surface area contributed by atoms with Gasteiger partial charge >= 0.3 is 0 Å². The normalized spacial score (nSPS) is 14.2. The van der Waals surface area contributed by atoms with Gasteiger partial charge in [-0.25, -0.2) is 0 Å². The molecule has 2 rings (SSSR count). The number of nitrogens with one attached hydrogen (secondary N) is 1. The van der Waals surface area contributed by atoms with E-state index in [4.69, 9.17) is 5.73 Å². The monoisotopic (exact) mass is 230 g/mol. The van der Waals surface area contributed by atoms with E-state index in [0.29, 0.717) is 0 Å². The van der Waals surface area contributed by atoms with Crippen LogP contribution in [0.15, 0.2) is 18.2 Å². The van der Waals surface area contributed by atoms with E-state index < -0.39 is 0 Å². The van der Waals surface area contributed by atoms with E-state index in [0.717, 1.165) is 0 Å². The second-order valence-corrected chi connectivity index (χ2v) is 5.96. The summed E-state index contributed by atoms with van der Waals surface area (Å²) in [5, 5.41) is 1.27. The maximum atomic E-state index is 6.06. The molecule has 0 radical (unpaired) electrons. The van der Waals surface area contributed by atoms with E-state index in [2.05, 4.69) is 50.9 Å². The third-order valence-electron chi connectivity index (χ3n) is 3.36. The number of aromatic amines is 1. The van der Waals surface area contributed by atoms with Gasteiger partial charge in [-0.05, 0) is 42.5 Å². The Labute approximate surface area is 103 Å². The predicted octanol–water partition coefficient (Wildman–Crippen LogP) is 3.79. The van der Waals surface area contributed by atoms with Crippen molar-refractivity contribution in [3.63, 3.8) is 0 Å². The van der Waals surface area contributed by atoms with Gasteiger partial charge in [-0.1, -0.05) is 26.8 Å². The summed E-state index contributed by atoms with van der Waals surface area (Å²) in [4.78, 5) is 3.41. The van der Waals surface area contributed by atoms with E-state index in [9.17, 15) is 0 Å². The number of aromatic nitrogens is 1. The fraction of sp³-hybridized carbons (Fsp3) is 0.467. The summed E-state index contributed by atoms with van der Waals surface area (Å²) in [7, 11) is 0. The molecule has 0 saturated carbocycles. The Morgan fingerprint density at radius 2 is 1.88 bits per heavy atom. The molecule has 2 nitrogen and oxygen atoms in total. The molecular formula is C15H22N2. The van der Waals surface area contributed by atoms with Crippen molar-refractivity contribution in [2.24, 2.45) is 5.73 Å². The molecule has 1 atom stereocenters. The average molecular weight is 230 g/mol. The topological polar surface area (TPSA) is 41.8 Å². The number of nitrogens with two attached hydrogens (primary N) is 1. The minimum absolute atomic E-state index is 0.0685. The molecule has 2 aromatic rings. The minimum Gasteiger partial charge on any atom is -0.358 e. The third kappa shape index (κ3) is 2.09. The fourth-order valence-electron chi connectivity index (χ4n) is 2.40. The summed E-state index contributed by atoms with van der Waals surface area (Å²) in [5.74, 6) is 0. The molecule has 1 aromatic heterocycles. The van der Waals surface area contributed by atoms with Gasteiger partial charge in [0.05, 0.1) is 0 Å². The lowest BCUT2D eigenvalue weighted by Crippen LogP contribution is -2.11. The number of hydrogen-bond donors (Lipinski definition) is 2. The number of hydrogen-bond acceptors (Lipinski definition) is 1. The van der Waals surface area contributed by atoms with Crippen molar-refractivity contribution in [2.75, 3.05) is 0 Å². The van der Waals surface area contributed by atoms with Crippen LogP contribution < -0.4 is 5.73 Å². The fourth-order valence-corrected chi connectivity index (χ4v) is 2.40. The lowest BCUT2D eigenvalue weighted by molar-refractivity contribution is 0.591. The molecule has 0 spiro atoms. The number of benzene rings is 1. The lowest BCUT2D eigenvalue weighted by Gasteiger charge is -2.19. The third-order valence-corrected chi connectivity index (χ3v) is 3.36. The van der Waals surface area contributed by atoms with E-state index in [1.807, 2.05) is 6.92 Å². The average Bonchev–Trinajstić information content (AvgIpc) is 2.50. The molecule has 0 aliphatic rings. The Hall–Kier alpha value is -1.28. The molecule has 0 bridgehead atoms. The number of H-pyrrole nitrogens is 1. The van der Waals surface area contributed by atoms with Crippen molar-refractivity contribution in [2.45, 2.75) is 46.1 Å². The first-order valence-electron chi connectivity index (χ1n) is 6.19. The quantitative estimate of drug-likeness (QED) is 0.769. The Bertz CT molecular complexity index is 542. The molecule has 0 saturated heterocycles. The van der Waals surface area contributed by atoms with Crippen LogP contribution in [0.5, 0.6) is 0 Å². The molecule has 92 valence electrons. The van der Waals surface area contributed by atoms with E-state index >= 15 is 0 Å². The first kappa shape index (κ1) is 12.2. The van der Waals surface area contributed by atoms with Crippen molar-refractivity contribution < 1.29 is 0 Å². The summed E-state index contributed by atoms with van der Waals surface area (Å²) >= 11 is 0. The van der Waals surface area contributed by atoms with Gasteiger partial charge in [-0.2, -0.15) is 0 Å². The predicted molar refractivity (Wildman–Crippen MR) is 74.3 cm³/mol. The second-order valence-electron chi connectivity index (χ2n) is 5.96. The maximum absolute atomic E-state index is 6.06. The summed E-state index contributed by atoms with van der Waals surface area (Å²) in [6.45, 7) is 10.8. The van der Waals surface area contributed by atoms with Gasteiger partial charge in [0.15, 0.2) is 0 Å². The van der Waals surface area contributed by atoms with Crippen LogP contribution in [0.25, 0.3) is 10.9 Å². The Kier molecular flexibility index (Phi) is 2.78. The van der Waals surface area contributed by atoms with E-state index in [1.54, 1.807) is 0 Å². The summed E-state index contributed by atoms with van der Waals surface area (Å²) in [6, 6.07) is 6.70. The van der Waals surface area contributed by atoms with Crippen LogP contribution in [0.4, 0.5) is 0 Å². The van der Waals surface area contributed by atoms with E-state index in [-0.39, 0.29) is 11.5 Å². The van der Waals surface area contributed by atoms with E-state index in [1.165, 1.54) is 27.7 Å². The van der Waals surface area contributed by atoms with Crippen LogP contribution in [-0.2, 0) is 5.41 Å². The molecular weight excluding hydrogens is 208 g/mol. The highest BCUT2D eigenvalue weighted by Gasteiger charge is 2.17. The van der Waals surface area contributed by atoms with Crippen molar-refractivity contribution in [3.8, 4) is 0 Å². The molecule has 1 heterocycles. The first-order chi connectivity index (χ1) is 7.80. The van der Waals surface area contributed by atoms with Crippen LogP contribution in [-0.4, -0.2) is 4.98 Å². The van der Waals surface area contributed by atoms with Crippen LogP contribution in [0.1, 0.15) is 50.6 Å². The highest BCUT2D eigenvalue weighted by molar-refractivity contribution is 5.86. The van der Waals surface area contributed by atoms with Gasteiger partial charge < -0.3 is 10.7 Å². The standard InChI is InChI=1S/C15H22N2/c1-9(16)14-10(2)17-13-7-6-11(8-12(13)14)15(3,4)5/h6-9,17H,16H2,1-5H3. The van der Waals surface area contributed by atoms with Gasteiger partial charge in [0, 0.05) is 22.6 Å². The van der Waals surface area contributed by atoms with Crippen LogP contribution >= 0.6 is 0 Å². The van der Waals surface area contributed by atoms with Gasteiger partial charge in [0.2, 0.25) is 0 Å². The zero-order valence-electron chi connectivity index (χ0n) is 11.4. The smallest absolute Gasteiger partial charge is 0.0459 e. The molecule has 17 heavy (non-hydrogen) atoms. The summed E-state index contributed by atoms with van der Waals surface area (Å²) < 4.78 is 0. The van der Waals surface area contributed by atoms with Crippen molar-refractivity contribution in [3.05, 3.63) is 35.0 Å². The van der Waals surface area contributed by atoms with Crippen molar-refractivity contribution in [1.82, 2.24) is 4.98 Å². The lowest BCUT2D eigenvalue weighted by atomic mass is 9.86. The Morgan fingerprint density at radius 1 is 1.24 bits per heavy atom. The van der Waals surface area contributed by atoms with Crippen molar-refractivity contribution in [1.29, 1.82) is 0 Å². The minimum atomic E-state index is 0.0685. The highest BCUT2D eigenvalue weighted by Crippen LogP contribution is 2.31. The van der Waals surface area contributed by atoms with Crippen LogP contribution in [0.2, 0.25) is 0 Å². The molecule has 0 fully saturated rings. The Morgan fingerprint density at radius 3 is 2.41 bits per heavy atom. The van der Waals surface area contributed by atoms with Crippen molar-refractivity contribution >= 4 is 10.9 Å². The molecule has 1 aromatic carbocycles. The van der Waals surface area contributed by atoms with Gasteiger partial charge in [0.25, 0.3) is 0 Å². The Balaban J connectivity index is 2.71. The maximum Gasteiger partial charge on any atom is 0.0459 e. The summed E-state index contributed by atoms with van der Waals surface area (Å²) in [6.07, 6.45) is 0. The summed E-state index contributed by atoms with van der Waals surface area (Å²) in [5.41, 5.74) is 11.2. The largest absolute Gasteiger partial charge is 0.358 e. The van der Waals surface area contributed by atoms with Crippen LogP contribution in [0, 0.1) is 6.92 Å². The van der Waals surface area contributed by atoms with Crippen LogP contribution in [0.3, 0.4) is 0 Å². The van der Waals surface area contributed by atoms with Gasteiger partial charge in [-0.15, -0.1) is 0 Å². The molecule has 0 aliphatic heterocycles. The highest BCUT2D eigenvalue weighted by atomic mass is 14.7. The molecule has 1 unspecified atom stereocenters. The second kappa shape index (κ2) is 3.88. The number of fused-ring (bicyclic) bond motifs is 1. The number of rotatable bonds is 1. The van der Waals surface area contributed by atoms with Gasteiger partial charge in [0.1, 0.15) is 0 Å². The molecule has 2 heteroatoms. The SMILES string of the molecule is Cc1[nH]c2ccc(C(C)(C)C)cc2c1C(C)N. The van der Waals surface area contributed by atoms with Gasteiger partial charge in [-0.3, -0.25) is 0 Å². The first-order valence-corrected chi connectivity index (χ1v) is 6.19. The molecule has 3 N–H and O–H groups in total.